The SMILES string of the molecule is CCCN(Cc1ccc(CCC(F)(F)C(F)(F)F)cc1)N=Nc1ccccc1. The number of nitrogens with zero attached hydrogens (tertiary/aromatic N) is 3. The molecule has 0 fully saturated rings. The van der Waals surface area contributed by atoms with E-state index in [4.69, 9.17) is 0 Å². The third-order valence-corrected chi connectivity index (χ3v) is 4.06. The molecule has 0 spiro atoms. The zero-order chi connectivity index (χ0) is 20.6. The van der Waals surface area contributed by atoms with Crippen LogP contribution < -0.4 is 0 Å². The van der Waals surface area contributed by atoms with E-state index in [0.717, 1.165) is 17.7 Å². The number of hydrogen-bond donors (Lipinski definition) is 0. The molecule has 152 valence electrons. The lowest BCUT2D eigenvalue weighted by molar-refractivity contribution is -0.284. The van der Waals surface area contributed by atoms with E-state index in [0.29, 0.717) is 18.7 Å². The number of benzene rings is 2. The lowest BCUT2D eigenvalue weighted by Gasteiger charge is -2.19. The maximum absolute atomic E-state index is 13.0. The highest BCUT2D eigenvalue weighted by atomic mass is 19.4. The fourth-order valence-corrected chi connectivity index (χ4v) is 2.49. The van der Waals surface area contributed by atoms with Gasteiger partial charge in [0.25, 0.3) is 0 Å². The molecular formula is C20H22F5N3. The molecule has 0 aliphatic heterocycles. The molecule has 0 atom stereocenters. The molecule has 0 amide bonds. The smallest absolute Gasteiger partial charge is 0.274 e. The summed E-state index contributed by atoms with van der Waals surface area (Å²) in [4.78, 5) is 0. The van der Waals surface area contributed by atoms with Gasteiger partial charge < -0.3 is 0 Å². The first-order chi connectivity index (χ1) is 13.2. The van der Waals surface area contributed by atoms with Crippen molar-refractivity contribution in [1.82, 2.24) is 5.01 Å². The summed E-state index contributed by atoms with van der Waals surface area (Å²) in [5, 5.41) is 10.2. The van der Waals surface area contributed by atoms with E-state index in [1.54, 1.807) is 29.3 Å². The van der Waals surface area contributed by atoms with Crippen molar-refractivity contribution in [3.8, 4) is 0 Å². The quantitative estimate of drug-likeness (QED) is 0.261. The molecule has 2 aromatic rings. The van der Waals surface area contributed by atoms with Crippen LogP contribution >= 0.6 is 0 Å². The Morgan fingerprint density at radius 1 is 0.857 bits per heavy atom. The topological polar surface area (TPSA) is 28.0 Å². The number of alkyl halides is 5. The Kier molecular flexibility index (Phi) is 7.48. The minimum Gasteiger partial charge on any atom is -0.274 e. The van der Waals surface area contributed by atoms with Crippen molar-refractivity contribution in [3.05, 3.63) is 65.7 Å². The van der Waals surface area contributed by atoms with Gasteiger partial charge in [0.2, 0.25) is 0 Å². The van der Waals surface area contributed by atoms with Crippen molar-refractivity contribution >= 4 is 5.69 Å². The Bertz CT molecular complexity index is 743. The van der Waals surface area contributed by atoms with E-state index in [-0.39, 0.29) is 6.42 Å². The van der Waals surface area contributed by atoms with Gasteiger partial charge in [0.05, 0.1) is 12.2 Å². The molecule has 0 saturated carbocycles. The first kappa shape index (κ1) is 21.8. The molecular weight excluding hydrogens is 377 g/mol. The van der Waals surface area contributed by atoms with Gasteiger partial charge in [-0.3, -0.25) is 5.01 Å². The minimum atomic E-state index is -5.52. The van der Waals surface area contributed by atoms with Crippen molar-refractivity contribution < 1.29 is 22.0 Å². The van der Waals surface area contributed by atoms with E-state index in [2.05, 4.69) is 10.3 Å². The third-order valence-electron chi connectivity index (χ3n) is 4.06. The van der Waals surface area contributed by atoms with Gasteiger partial charge in [-0.15, -0.1) is 5.11 Å². The zero-order valence-corrected chi connectivity index (χ0v) is 15.5. The summed E-state index contributed by atoms with van der Waals surface area (Å²) in [6.07, 6.45) is -6.27. The van der Waals surface area contributed by atoms with Crippen LogP contribution in [0.2, 0.25) is 0 Å². The van der Waals surface area contributed by atoms with Crippen LogP contribution in [-0.2, 0) is 13.0 Å². The second-order valence-corrected chi connectivity index (χ2v) is 6.43. The Hall–Kier alpha value is -2.51. The van der Waals surface area contributed by atoms with Crippen LogP contribution in [0, 0.1) is 0 Å². The molecule has 28 heavy (non-hydrogen) atoms. The molecule has 0 unspecified atom stereocenters. The Labute approximate surface area is 160 Å². The zero-order valence-electron chi connectivity index (χ0n) is 15.5. The van der Waals surface area contributed by atoms with Crippen LogP contribution in [0.3, 0.4) is 0 Å². The van der Waals surface area contributed by atoms with Crippen LogP contribution in [0.5, 0.6) is 0 Å². The van der Waals surface area contributed by atoms with Gasteiger partial charge in [-0.25, -0.2) is 0 Å². The fraction of sp³-hybridized carbons (Fsp3) is 0.400. The van der Waals surface area contributed by atoms with Crippen molar-refractivity contribution in [2.45, 2.75) is 44.8 Å². The molecule has 0 aromatic heterocycles. The van der Waals surface area contributed by atoms with Crippen molar-refractivity contribution in [3.63, 3.8) is 0 Å². The highest BCUT2D eigenvalue weighted by Crippen LogP contribution is 2.38. The van der Waals surface area contributed by atoms with Crippen LogP contribution in [0.15, 0.2) is 64.9 Å². The van der Waals surface area contributed by atoms with Crippen molar-refractivity contribution in [1.29, 1.82) is 0 Å². The molecule has 3 nitrogen and oxygen atoms in total. The van der Waals surface area contributed by atoms with Crippen molar-refractivity contribution in [2.75, 3.05) is 6.54 Å². The van der Waals surface area contributed by atoms with Crippen LogP contribution in [-0.4, -0.2) is 23.7 Å². The maximum Gasteiger partial charge on any atom is 0.453 e. The highest BCUT2D eigenvalue weighted by molar-refractivity contribution is 5.34. The normalized spacial score (nSPS) is 12.5. The summed E-state index contributed by atoms with van der Waals surface area (Å²) >= 11 is 0. The lowest BCUT2D eigenvalue weighted by Crippen LogP contribution is -2.36. The predicted octanol–water partition coefficient (Wildman–Crippen LogP) is 6.73. The summed E-state index contributed by atoms with van der Waals surface area (Å²) in [6.45, 7) is 3.15. The molecule has 2 rings (SSSR count). The van der Waals surface area contributed by atoms with E-state index in [9.17, 15) is 22.0 Å². The van der Waals surface area contributed by atoms with Gasteiger partial charge in [0.1, 0.15) is 0 Å². The molecule has 0 heterocycles. The van der Waals surface area contributed by atoms with Gasteiger partial charge in [0, 0.05) is 13.0 Å². The molecule has 0 aliphatic rings. The van der Waals surface area contributed by atoms with E-state index < -0.39 is 18.5 Å². The summed E-state index contributed by atoms with van der Waals surface area (Å²) in [7, 11) is 0. The average Bonchev–Trinajstić information content (AvgIpc) is 2.66. The number of rotatable bonds is 9. The summed E-state index contributed by atoms with van der Waals surface area (Å²) in [5.41, 5.74) is 2.02. The molecule has 0 N–H and O–H groups in total. The van der Waals surface area contributed by atoms with Crippen LogP contribution in [0.25, 0.3) is 0 Å². The standard InChI is InChI=1S/C20H22F5N3/c1-2-14-28(27-26-18-6-4-3-5-7-18)15-17-10-8-16(9-11-17)12-13-19(21,22)20(23,24)25/h3-11H,2,12-15H2,1H3. The molecule has 0 bridgehead atoms. The molecule has 8 heteroatoms. The van der Waals surface area contributed by atoms with E-state index in [1.807, 2.05) is 37.3 Å². The molecule has 0 aliphatic carbocycles. The maximum atomic E-state index is 13.0. The van der Waals surface area contributed by atoms with Gasteiger partial charge in [0.15, 0.2) is 0 Å². The molecule has 0 saturated heterocycles. The summed E-state index contributed by atoms with van der Waals surface area (Å²) < 4.78 is 62.8. The monoisotopic (exact) mass is 399 g/mol. The average molecular weight is 399 g/mol. The Morgan fingerprint density at radius 3 is 2.04 bits per heavy atom. The predicted molar refractivity (Wildman–Crippen MR) is 97.4 cm³/mol. The Morgan fingerprint density at radius 2 is 1.46 bits per heavy atom. The number of aryl methyl sites for hydroxylation is 1. The van der Waals surface area contributed by atoms with Crippen LogP contribution in [0.4, 0.5) is 27.6 Å². The second kappa shape index (κ2) is 9.61. The summed E-state index contributed by atoms with van der Waals surface area (Å²) in [5.74, 6) is -4.68. The minimum absolute atomic E-state index is 0.348. The summed E-state index contributed by atoms with van der Waals surface area (Å²) in [6, 6.07) is 15.8. The van der Waals surface area contributed by atoms with Gasteiger partial charge in [-0.05, 0) is 36.1 Å². The van der Waals surface area contributed by atoms with E-state index in [1.165, 1.54) is 0 Å². The van der Waals surface area contributed by atoms with Gasteiger partial charge in [-0.1, -0.05) is 54.6 Å². The van der Waals surface area contributed by atoms with Crippen molar-refractivity contribution in [2.24, 2.45) is 10.3 Å². The first-order valence-electron chi connectivity index (χ1n) is 8.95. The molecule has 0 radical (unpaired) electrons. The second-order valence-electron chi connectivity index (χ2n) is 6.43. The highest BCUT2D eigenvalue weighted by Gasteiger charge is 2.56. The van der Waals surface area contributed by atoms with Gasteiger partial charge >= 0.3 is 12.1 Å². The van der Waals surface area contributed by atoms with E-state index >= 15 is 0 Å². The fourth-order valence-electron chi connectivity index (χ4n) is 2.49. The Balaban J connectivity index is 1.96. The first-order valence-corrected chi connectivity index (χ1v) is 8.95. The van der Waals surface area contributed by atoms with Crippen LogP contribution in [0.1, 0.15) is 30.9 Å². The number of hydrogen-bond acceptors (Lipinski definition) is 2. The van der Waals surface area contributed by atoms with Gasteiger partial charge in [-0.2, -0.15) is 22.0 Å². The third kappa shape index (κ3) is 6.58. The lowest BCUT2D eigenvalue weighted by atomic mass is 10.0. The largest absolute Gasteiger partial charge is 0.453 e. The molecule has 2 aromatic carbocycles. The number of halogens is 5.